The first kappa shape index (κ1) is 11.0. The van der Waals surface area contributed by atoms with Gasteiger partial charge in [0.05, 0.1) is 0 Å². The molecule has 0 fully saturated rings. The van der Waals surface area contributed by atoms with Crippen LogP contribution in [-0.4, -0.2) is 21.8 Å². The van der Waals surface area contributed by atoms with Crippen LogP contribution in [0.25, 0.3) is 10.9 Å². The fraction of sp³-hybridized carbons (Fsp3) is 0.385. The number of aliphatic hydroxyl groups is 1. The predicted molar refractivity (Wildman–Crippen MR) is 64.8 cm³/mol. The molecule has 0 spiro atoms. The topological polar surface area (TPSA) is 56.2 Å². The summed E-state index contributed by atoms with van der Waals surface area (Å²) in [4.78, 5) is 3.24. The van der Waals surface area contributed by atoms with E-state index in [1.807, 2.05) is 26.0 Å². The van der Waals surface area contributed by atoms with Gasteiger partial charge in [0.2, 0.25) is 0 Å². The van der Waals surface area contributed by atoms with Crippen molar-refractivity contribution in [3.63, 3.8) is 0 Å². The lowest BCUT2D eigenvalue weighted by Crippen LogP contribution is -1.90. The van der Waals surface area contributed by atoms with Gasteiger partial charge in [0.25, 0.3) is 0 Å². The van der Waals surface area contributed by atoms with Crippen LogP contribution in [0.2, 0.25) is 0 Å². The van der Waals surface area contributed by atoms with Crippen LogP contribution in [0.1, 0.15) is 23.2 Å². The Morgan fingerprint density at radius 1 is 1.25 bits per heavy atom. The van der Waals surface area contributed by atoms with Crippen molar-refractivity contribution in [2.75, 3.05) is 6.61 Å². The van der Waals surface area contributed by atoms with Gasteiger partial charge in [-0.15, -0.1) is 0 Å². The first-order valence-corrected chi connectivity index (χ1v) is 5.55. The zero-order valence-corrected chi connectivity index (χ0v) is 9.67. The molecule has 1 aromatic heterocycles. The summed E-state index contributed by atoms with van der Waals surface area (Å²) < 4.78 is 0. The Hall–Kier alpha value is -1.48. The number of hydrogen-bond acceptors (Lipinski definition) is 2. The molecule has 3 nitrogen and oxygen atoms in total. The first-order chi connectivity index (χ1) is 7.65. The van der Waals surface area contributed by atoms with Crippen LogP contribution in [-0.2, 0) is 6.42 Å². The maximum Gasteiger partial charge on any atom is 0.128 e. The molecule has 16 heavy (non-hydrogen) atoms. The number of H-pyrrole nitrogens is 1. The largest absolute Gasteiger partial charge is 0.507 e. The van der Waals surface area contributed by atoms with Crippen LogP contribution in [0.5, 0.6) is 5.75 Å². The Bertz CT molecular complexity index is 514. The van der Waals surface area contributed by atoms with Gasteiger partial charge < -0.3 is 15.2 Å². The lowest BCUT2D eigenvalue weighted by Gasteiger charge is -2.05. The summed E-state index contributed by atoms with van der Waals surface area (Å²) in [6.07, 6.45) is 1.39. The molecule has 86 valence electrons. The molecule has 0 saturated carbocycles. The van der Waals surface area contributed by atoms with Gasteiger partial charge in [-0.1, -0.05) is 6.07 Å². The number of fused-ring (bicyclic) bond motifs is 1. The van der Waals surface area contributed by atoms with E-state index < -0.39 is 0 Å². The Morgan fingerprint density at radius 3 is 2.69 bits per heavy atom. The Balaban J connectivity index is 2.54. The highest BCUT2D eigenvalue weighted by Crippen LogP contribution is 2.33. The third-order valence-electron chi connectivity index (χ3n) is 3.13. The van der Waals surface area contributed by atoms with E-state index in [0.717, 1.165) is 27.7 Å². The van der Waals surface area contributed by atoms with E-state index in [2.05, 4.69) is 4.98 Å². The number of hydrogen-bond donors (Lipinski definition) is 3. The van der Waals surface area contributed by atoms with E-state index in [1.165, 1.54) is 0 Å². The molecule has 1 aromatic carbocycles. The number of aromatic hydroxyl groups is 1. The van der Waals surface area contributed by atoms with Gasteiger partial charge in [0, 0.05) is 23.2 Å². The van der Waals surface area contributed by atoms with E-state index in [-0.39, 0.29) is 6.61 Å². The van der Waals surface area contributed by atoms with Crippen molar-refractivity contribution in [3.05, 3.63) is 29.0 Å². The zero-order valence-electron chi connectivity index (χ0n) is 9.67. The standard InChI is InChI=1S/C13H17NO2/c1-8-9(2)14-11-6-5-10(4-3-7-15)13(16)12(8)11/h5-6,14-16H,3-4,7H2,1-2H3. The molecule has 0 amide bonds. The smallest absolute Gasteiger partial charge is 0.128 e. The second-order valence-electron chi connectivity index (χ2n) is 4.20. The molecule has 1 heterocycles. The third kappa shape index (κ3) is 1.67. The fourth-order valence-electron chi connectivity index (χ4n) is 2.07. The molecule has 0 radical (unpaired) electrons. The van der Waals surface area contributed by atoms with Crippen molar-refractivity contribution in [2.45, 2.75) is 26.7 Å². The van der Waals surface area contributed by atoms with E-state index in [0.29, 0.717) is 18.6 Å². The van der Waals surface area contributed by atoms with Gasteiger partial charge in [0.1, 0.15) is 5.75 Å². The summed E-state index contributed by atoms with van der Waals surface area (Å²) in [5, 5.41) is 19.9. The number of aromatic amines is 1. The lowest BCUT2D eigenvalue weighted by atomic mass is 10.0. The summed E-state index contributed by atoms with van der Waals surface area (Å²) in [6.45, 7) is 4.16. The van der Waals surface area contributed by atoms with Crippen LogP contribution >= 0.6 is 0 Å². The Labute approximate surface area is 94.7 Å². The molecule has 2 rings (SSSR count). The summed E-state index contributed by atoms with van der Waals surface area (Å²) in [5.41, 5.74) is 4.06. The van der Waals surface area contributed by atoms with Gasteiger partial charge >= 0.3 is 0 Å². The van der Waals surface area contributed by atoms with Gasteiger partial charge in [-0.05, 0) is 43.9 Å². The molecule has 0 saturated heterocycles. The second-order valence-corrected chi connectivity index (χ2v) is 4.20. The average Bonchev–Trinajstić information content (AvgIpc) is 2.55. The monoisotopic (exact) mass is 219 g/mol. The molecule has 2 aromatic rings. The van der Waals surface area contributed by atoms with Crippen molar-refractivity contribution in [2.24, 2.45) is 0 Å². The number of nitrogens with one attached hydrogen (secondary N) is 1. The van der Waals surface area contributed by atoms with Crippen molar-refractivity contribution < 1.29 is 10.2 Å². The number of aromatic nitrogens is 1. The maximum absolute atomic E-state index is 10.2. The first-order valence-electron chi connectivity index (χ1n) is 5.55. The molecule has 0 atom stereocenters. The Morgan fingerprint density at radius 2 is 2.00 bits per heavy atom. The predicted octanol–water partition coefficient (Wildman–Crippen LogP) is 2.42. The lowest BCUT2D eigenvalue weighted by molar-refractivity contribution is 0.288. The Kier molecular flexibility index (Phi) is 2.88. The van der Waals surface area contributed by atoms with Gasteiger partial charge in [-0.2, -0.15) is 0 Å². The highest BCUT2D eigenvalue weighted by molar-refractivity contribution is 5.91. The molecule has 0 aliphatic rings. The normalized spacial score (nSPS) is 11.2. The zero-order chi connectivity index (χ0) is 11.7. The van der Waals surface area contributed by atoms with E-state index in [4.69, 9.17) is 5.11 Å². The molecule has 0 aliphatic carbocycles. The van der Waals surface area contributed by atoms with Crippen molar-refractivity contribution in [1.29, 1.82) is 0 Å². The quantitative estimate of drug-likeness (QED) is 0.742. The summed E-state index contributed by atoms with van der Waals surface area (Å²) in [5.74, 6) is 0.354. The van der Waals surface area contributed by atoms with Gasteiger partial charge in [-0.3, -0.25) is 0 Å². The summed E-state index contributed by atoms with van der Waals surface area (Å²) >= 11 is 0. The minimum absolute atomic E-state index is 0.155. The highest BCUT2D eigenvalue weighted by Gasteiger charge is 2.11. The van der Waals surface area contributed by atoms with Crippen LogP contribution < -0.4 is 0 Å². The van der Waals surface area contributed by atoms with E-state index in [1.54, 1.807) is 0 Å². The SMILES string of the molecule is Cc1[nH]c2ccc(CCCO)c(O)c2c1C. The van der Waals surface area contributed by atoms with Gasteiger partial charge in [-0.25, -0.2) is 0 Å². The number of aryl methyl sites for hydroxylation is 3. The van der Waals surface area contributed by atoms with Crippen LogP contribution in [0.4, 0.5) is 0 Å². The molecule has 3 heteroatoms. The number of benzene rings is 1. The average molecular weight is 219 g/mol. The minimum Gasteiger partial charge on any atom is -0.507 e. The molecule has 0 bridgehead atoms. The molecule has 0 aliphatic heterocycles. The van der Waals surface area contributed by atoms with Gasteiger partial charge in [0.15, 0.2) is 0 Å². The van der Waals surface area contributed by atoms with Crippen LogP contribution in [0, 0.1) is 13.8 Å². The molecule has 3 N–H and O–H groups in total. The second kappa shape index (κ2) is 4.18. The highest BCUT2D eigenvalue weighted by atomic mass is 16.3. The third-order valence-corrected chi connectivity index (χ3v) is 3.13. The number of phenolic OH excluding ortho intramolecular Hbond substituents is 1. The summed E-state index contributed by atoms with van der Waals surface area (Å²) in [7, 11) is 0. The van der Waals surface area contributed by atoms with Crippen LogP contribution in [0.15, 0.2) is 12.1 Å². The number of phenols is 1. The van der Waals surface area contributed by atoms with Crippen molar-refractivity contribution in [3.8, 4) is 5.75 Å². The fourth-order valence-corrected chi connectivity index (χ4v) is 2.07. The maximum atomic E-state index is 10.2. The number of aliphatic hydroxyl groups excluding tert-OH is 1. The molecular formula is C13H17NO2. The van der Waals surface area contributed by atoms with Crippen LogP contribution in [0.3, 0.4) is 0 Å². The van der Waals surface area contributed by atoms with E-state index >= 15 is 0 Å². The number of rotatable bonds is 3. The van der Waals surface area contributed by atoms with Crippen molar-refractivity contribution in [1.82, 2.24) is 4.98 Å². The molecule has 0 unspecified atom stereocenters. The van der Waals surface area contributed by atoms with E-state index in [9.17, 15) is 5.11 Å². The minimum atomic E-state index is 0.155. The van der Waals surface area contributed by atoms with Crippen molar-refractivity contribution >= 4 is 10.9 Å². The summed E-state index contributed by atoms with van der Waals surface area (Å²) in [6, 6.07) is 3.91. The molecular weight excluding hydrogens is 202 g/mol.